The van der Waals surface area contributed by atoms with Crippen LogP contribution in [0.1, 0.15) is 13.3 Å². The van der Waals surface area contributed by atoms with E-state index in [-0.39, 0.29) is 0 Å². The van der Waals surface area contributed by atoms with Crippen LogP contribution in [-0.2, 0) is 0 Å². The summed E-state index contributed by atoms with van der Waals surface area (Å²) in [6.45, 7) is 4.45. The molecule has 39 heavy (non-hydrogen) atoms. The molecule has 0 spiro atoms. The average Bonchev–Trinajstić information content (AvgIpc) is 2.82. The van der Waals surface area contributed by atoms with Crippen molar-refractivity contribution in [3.8, 4) is 0 Å². The number of hydrogen-bond donors (Lipinski definition) is 0. The summed E-state index contributed by atoms with van der Waals surface area (Å²) < 4.78 is 234. The van der Waals surface area contributed by atoms with Crippen LogP contribution in [0.5, 0.6) is 0 Å². The van der Waals surface area contributed by atoms with Crippen LogP contribution in [0.2, 0.25) is 0 Å². The van der Waals surface area contributed by atoms with Crippen LogP contribution in [0.4, 0.5) is 104 Å². The Hall–Kier alpha value is -1.95. The maximum Gasteiger partial charge on any atom is 0.673 e. The molecule has 0 radical (unpaired) electrons. The standard InChI is InChI=1S/C7H14N2.6BF4/c1-3-4-9-6-5-8(2)7-9;6*2-1(3,4)5/h5-6H,3-4,7H2,1-2H3;;;;;;/q;6*-1. The maximum atomic E-state index is 9.75. The van der Waals surface area contributed by atoms with Crippen LogP contribution >= 0.6 is 0 Å². The van der Waals surface area contributed by atoms with Crippen molar-refractivity contribution < 1.29 is 104 Å². The Bertz CT molecular complexity index is 433. The van der Waals surface area contributed by atoms with Gasteiger partial charge >= 0.3 is 43.5 Å². The third-order valence-corrected chi connectivity index (χ3v) is 1.45. The molecule has 244 valence electrons. The minimum Gasteiger partial charge on any atom is -0.418 e. The van der Waals surface area contributed by atoms with Crippen LogP contribution < -0.4 is 0 Å². The summed E-state index contributed by atoms with van der Waals surface area (Å²) >= 11 is 0. The van der Waals surface area contributed by atoms with E-state index in [1.54, 1.807) is 0 Å². The summed E-state index contributed by atoms with van der Waals surface area (Å²) in [5.41, 5.74) is 0. The van der Waals surface area contributed by atoms with Gasteiger partial charge in [-0.05, 0) is 6.42 Å². The Morgan fingerprint density at radius 1 is 0.436 bits per heavy atom. The van der Waals surface area contributed by atoms with E-state index < -0.39 is 43.5 Å². The van der Waals surface area contributed by atoms with Crippen molar-refractivity contribution in [2.75, 3.05) is 20.3 Å². The second-order valence-electron chi connectivity index (χ2n) is 5.48. The molecule has 0 aromatic heterocycles. The van der Waals surface area contributed by atoms with Gasteiger partial charge in [-0.3, -0.25) is 0 Å². The molecule has 2 nitrogen and oxygen atoms in total. The Labute approximate surface area is 204 Å². The molecule has 0 unspecified atom stereocenters. The van der Waals surface area contributed by atoms with Gasteiger partial charge < -0.3 is 113 Å². The first kappa shape index (κ1) is 49.9. The monoisotopic (exact) mass is 648 g/mol. The van der Waals surface area contributed by atoms with E-state index in [9.17, 15) is 104 Å². The first-order chi connectivity index (χ1) is 16.3. The first-order valence-corrected chi connectivity index (χ1v) is 8.69. The van der Waals surface area contributed by atoms with E-state index in [4.69, 9.17) is 0 Å². The van der Waals surface area contributed by atoms with Crippen molar-refractivity contribution in [1.29, 1.82) is 0 Å². The van der Waals surface area contributed by atoms with E-state index in [2.05, 4.69) is 36.2 Å². The molecular weight excluding hydrogens is 633 g/mol. The Balaban J connectivity index is -0.0000000830. The van der Waals surface area contributed by atoms with Crippen molar-refractivity contribution in [2.45, 2.75) is 13.3 Å². The highest BCUT2D eigenvalue weighted by Gasteiger charge is 2.22. The average molecular weight is 647 g/mol. The summed E-state index contributed by atoms with van der Waals surface area (Å²) in [5, 5.41) is 0. The molecule has 0 aliphatic carbocycles. The van der Waals surface area contributed by atoms with Gasteiger partial charge in [-0.1, -0.05) is 6.92 Å². The second kappa shape index (κ2) is 21.8. The molecule has 1 aliphatic rings. The Morgan fingerprint density at radius 2 is 0.615 bits per heavy atom. The van der Waals surface area contributed by atoms with Crippen LogP contribution in [-0.4, -0.2) is 73.6 Å². The zero-order chi connectivity index (χ0) is 33.7. The second-order valence-corrected chi connectivity index (χ2v) is 5.48. The first-order valence-electron chi connectivity index (χ1n) is 8.69. The highest BCUT2D eigenvalue weighted by atomic mass is 19.5. The van der Waals surface area contributed by atoms with Gasteiger partial charge in [-0.15, -0.1) is 0 Å². The lowest BCUT2D eigenvalue weighted by Gasteiger charge is -2.16. The molecule has 0 aromatic rings. The molecule has 0 N–H and O–H groups in total. The zero-order valence-electron chi connectivity index (χ0n) is 18.7. The highest BCUT2D eigenvalue weighted by molar-refractivity contribution is 6.51. The van der Waals surface area contributed by atoms with Crippen molar-refractivity contribution >= 4 is 43.5 Å². The summed E-state index contributed by atoms with van der Waals surface area (Å²) in [6.07, 6.45) is 5.48. The van der Waals surface area contributed by atoms with Gasteiger partial charge in [0, 0.05) is 26.0 Å². The van der Waals surface area contributed by atoms with Crippen molar-refractivity contribution in [3.05, 3.63) is 12.4 Å². The molecule has 0 atom stereocenters. The van der Waals surface area contributed by atoms with Gasteiger partial charge in [0.2, 0.25) is 0 Å². The summed E-state index contributed by atoms with van der Waals surface area (Å²) in [5.74, 6) is 0. The summed E-state index contributed by atoms with van der Waals surface area (Å²) in [6, 6.07) is 0. The fourth-order valence-corrected chi connectivity index (χ4v) is 1.02. The number of halogens is 24. The molecule has 1 heterocycles. The summed E-state index contributed by atoms with van der Waals surface area (Å²) in [4.78, 5) is 4.48. The van der Waals surface area contributed by atoms with E-state index in [0.717, 1.165) is 6.67 Å². The van der Waals surface area contributed by atoms with Gasteiger partial charge in [0.15, 0.2) is 0 Å². The van der Waals surface area contributed by atoms with Crippen molar-refractivity contribution in [2.24, 2.45) is 0 Å². The molecule has 0 aromatic carbocycles. The van der Waals surface area contributed by atoms with Gasteiger partial charge in [0.1, 0.15) is 0 Å². The van der Waals surface area contributed by atoms with E-state index in [1.807, 2.05) is 0 Å². The molecule has 1 rings (SSSR count). The van der Waals surface area contributed by atoms with E-state index in [1.165, 1.54) is 13.0 Å². The SMILES string of the molecule is CCCN1C=CN(C)C1.F[B-](F)(F)F.F[B-](F)(F)F.F[B-](F)(F)F.F[B-](F)(F)F.F[B-](F)(F)F.F[B-](F)(F)F. The molecule has 0 bridgehead atoms. The minimum atomic E-state index is -6.00. The topological polar surface area (TPSA) is 6.48 Å². The maximum absolute atomic E-state index is 9.75. The third kappa shape index (κ3) is 414. The molecule has 0 saturated heterocycles. The quantitative estimate of drug-likeness (QED) is 0.219. The fraction of sp³-hybridized carbons (Fsp3) is 0.714. The molecule has 32 heteroatoms. The number of hydrogen-bond acceptors (Lipinski definition) is 2. The zero-order valence-corrected chi connectivity index (χ0v) is 18.7. The van der Waals surface area contributed by atoms with Gasteiger partial charge in [0.05, 0.1) is 6.67 Å². The van der Waals surface area contributed by atoms with Crippen LogP contribution in [0.15, 0.2) is 12.4 Å². The molecule has 0 saturated carbocycles. The van der Waals surface area contributed by atoms with Crippen LogP contribution in [0, 0.1) is 0 Å². The van der Waals surface area contributed by atoms with Gasteiger partial charge in [-0.25, -0.2) is 0 Å². The molecular formula is C7H14B6F24N2-6. The molecule has 0 fully saturated rings. The lowest BCUT2D eigenvalue weighted by molar-refractivity contribution is 0.297. The third-order valence-electron chi connectivity index (χ3n) is 1.45. The molecule has 1 aliphatic heterocycles. The number of nitrogens with zero attached hydrogens (tertiary/aromatic N) is 2. The largest absolute Gasteiger partial charge is 0.673 e. The Kier molecular flexibility index (Phi) is 27.9. The number of rotatable bonds is 2. The lowest BCUT2D eigenvalue weighted by Crippen LogP contribution is -2.22. The van der Waals surface area contributed by atoms with E-state index in [0.29, 0.717) is 0 Å². The van der Waals surface area contributed by atoms with Gasteiger partial charge in [0.25, 0.3) is 0 Å². The van der Waals surface area contributed by atoms with Crippen LogP contribution in [0.25, 0.3) is 0 Å². The highest BCUT2D eigenvalue weighted by Crippen LogP contribution is 2.09. The Morgan fingerprint density at radius 3 is 0.718 bits per heavy atom. The normalized spacial score (nSPS) is 13.3. The van der Waals surface area contributed by atoms with Crippen molar-refractivity contribution in [3.63, 3.8) is 0 Å². The smallest absolute Gasteiger partial charge is 0.418 e. The van der Waals surface area contributed by atoms with Gasteiger partial charge in [-0.2, -0.15) is 0 Å². The van der Waals surface area contributed by atoms with Crippen LogP contribution in [0.3, 0.4) is 0 Å². The summed E-state index contributed by atoms with van der Waals surface area (Å²) in [7, 11) is -33.9. The predicted molar refractivity (Wildman–Crippen MR) is 99.9 cm³/mol. The minimum absolute atomic E-state index is 1.06. The lowest BCUT2D eigenvalue weighted by atomic mass is 10.3. The predicted octanol–water partition coefficient (Wildman–Crippen LogP) is 8.87. The fourth-order valence-electron chi connectivity index (χ4n) is 1.02. The van der Waals surface area contributed by atoms with Crippen molar-refractivity contribution in [1.82, 2.24) is 9.80 Å². The molecule has 0 amide bonds. The van der Waals surface area contributed by atoms with E-state index >= 15 is 0 Å².